The van der Waals surface area contributed by atoms with Crippen LogP contribution in [-0.4, -0.2) is 27.0 Å². The molecule has 10 heteroatoms. The zero-order valence-electron chi connectivity index (χ0n) is 13.6. The van der Waals surface area contributed by atoms with Gasteiger partial charge in [-0.15, -0.1) is 0 Å². The van der Waals surface area contributed by atoms with Crippen LogP contribution in [-0.2, 0) is 16.4 Å². The number of sulfonamides is 1. The van der Waals surface area contributed by atoms with Gasteiger partial charge in [0.1, 0.15) is 11.6 Å². The van der Waals surface area contributed by atoms with Crippen LogP contribution in [0.25, 0.3) is 0 Å². The molecule has 1 aliphatic heterocycles. The number of nitro benzene ring substituents is 1. The normalized spacial score (nSPS) is 14.0. The Morgan fingerprint density at radius 3 is 2.62 bits per heavy atom. The molecule has 0 unspecified atom stereocenters. The van der Waals surface area contributed by atoms with E-state index in [-0.39, 0.29) is 23.5 Å². The minimum atomic E-state index is -4.44. The van der Waals surface area contributed by atoms with Crippen molar-refractivity contribution in [2.45, 2.75) is 17.7 Å². The van der Waals surface area contributed by atoms with Crippen molar-refractivity contribution in [1.82, 2.24) is 0 Å². The first kappa shape index (κ1) is 18.1. The molecule has 2 aromatic carbocycles. The summed E-state index contributed by atoms with van der Waals surface area (Å²) in [6.07, 6.45) is 0.639. The highest BCUT2D eigenvalue weighted by atomic mass is 32.2. The molecule has 0 atom stereocenters. The molecular weight excluding hydrogens is 370 g/mol. The predicted molar refractivity (Wildman–Crippen MR) is 88.9 cm³/mol. The average molecular weight is 384 g/mol. The lowest BCUT2D eigenvalue weighted by atomic mass is 10.0. The number of anilines is 1. The molecule has 138 valence electrons. The first-order valence-electron chi connectivity index (χ1n) is 7.59. The Hall–Kier alpha value is -2.75. The molecule has 0 amide bonds. The highest BCUT2D eigenvalue weighted by Crippen LogP contribution is 2.38. The van der Waals surface area contributed by atoms with Crippen LogP contribution in [0.4, 0.5) is 20.2 Å². The van der Waals surface area contributed by atoms with Gasteiger partial charge in [-0.2, -0.15) is 0 Å². The summed E-state index contributed by atoms with van der Waals surface area (Å²) in [4.78, 5) is 9.89. The highest BCUT2D eigenvalue weighted by Gasteiger charge is 2.36. The zero-order chi connectivity index (χ0) is 19.1. The van der Waals surface area contributed by atoms with Crippen LogP contribution in [0.15, 0.2) is 35.2 Å². The Morgan fingerprint density at radius 2 is 1.96 bits per heavy atom. The van der Waals surface area contributed by atoms with Gasteiger partial charge in [-0.3, -0.25) is 14.4 Å². The van der Waals surface area contributed by atoms with Crippen molar-refractivity contribution in [3.63, 3.8) is 0 Å². The lowest BCUT2D eigenvalue weighted by molar-refractivity contribution is -0.387. The summed E-state index contributed by atoms with van der Waals surface area (Å²) in [5.41, 5.74) is -0.754. The molecule has 0 saturated heterocycles. The molecule has 2 aromatic rings. The topological polar surface area (TPSA) is 89.8 Å². The van der Waals surface area contributed by atoms with E-state index in [0.717, 1.165) is 22.5 Å². The van der Waals surface area contributed by atoms with Crippen molar-refractivity contribution in [3.8, 4) is 5.75 Å². The Bertz CT molecular complexity index is 994. The van der Waals surface area contributed by atoms with E-state index in [1.807, 2.05) is 0 Å². The number of ether oxygens (including phenoxy) is 1. The fourth-order valence-electron chi connectivity index (χ4n) is 2.96. The maximum absolute atomic E-state index is 14.3. The smallest absolute Gasteiger partial charge is 0.293 e. The fraction of sp³-hybridized carbons (Fsp3) is 0.250. The van der Waals surface area contributed by atoms with Gasteiger partial charge in [0.2, 0.25) is 0 Å². The van der Waals surface area contributed by atoms with Crippen molar-refractivity contribution in [3.05, 3.63) is 57.6 Å². The lowest BCUT2D eigenvalue weighted by Gasteiger charge is -2.30. The SMILES string of the molecule is COc1ccc(S(=O)(=O)N2CCCc3cc(F)cc(F)c32)c([N+](=O)[O-])c1. The van der Waals surface area contributed by atoms with E-state index in [0.29, 0.717) is 18.9 Å². The van der Waals surface area contributed by atoms with E-state index >= 15 is 0 Å². The van der Waals surface area contributed by atoms with E-state index in [1.165, 1.54) is 13.2 Å². The number of hydrogen-bond donors (Lipinski definition) is 0. The summed E-state index contributed by atoms with van der Waals surface area (Å²) in [7, 11) is -3.15. The third-order valence-corrected chi connectivity index (χ3v) is 5.94. The van der Waals surface area contributed by atoms with Gasteiger partial charge in [0.25, 0.3) is 15.7 Å². The van der Waals surface area contributed by atoms with Gasteiger partial charge < -0.3 is 4.74 Å². The van der Waals surface area contributed by atoms with Crippen LogP contribution < -0.4 is 9.04 Å². The van der Waals surface area contributed by atoms with Gasteiger partial charge in [0.05, 0.1) is 23.8 Å². The van der Waals surface area contributed by atoms with Gasteiger partial charge in [0.15, 0.2) is 10.7 Å². The first-order chi connectivity index (χ1) is 12.3. The molecule has 0 N–H and O–H groups in total. The fourth-order valence-corrected chi connectivity index (χ4v) is 4.65. The third-order valence-electron chi connectivity index (χ3n) is 4.09. The molecule has 3 rings (SSSR count). The van der Waals surface area contributed by atoms with Crippen molar-refractivity contribution in [1.29, 1.82) is 0 Å². The van der Waals surface area contributed by atoms with Crippen LogP contribution in [0.5, 0.6) is 5.75 Å². The molecule has 0 spiro atoms. The summed E-state index contributed by atoms with van der Waals surface area (Å²) in [6, 6.07) is 4.96. The number of rotatable bonds is 4. The van der Waals surface area contributed by atoms with Crippen molar-refractivity contribution < 1.29 is 26.9 Å². The average Bonchev–Trinajstić information content (AvgIpc) is 2.60. The van der Waals surface area contributed by atoms with E-state index < -0.39 is 37.2 Å². The van der Waals surface area contributed by atoms with Gasteiger partial charge in [-0.1, -0.05) is 0 Å². The Balaban J connectivity index is 2.19. The maximum atomic E-state index is 14.3. The standard InChI is InChI=1S/C16H14F2N2O5S/c1-25-12-4-5-15(14(9-12)20(21)22)26(23,24)19-6-2-3-10-7-11(17)8-13(18)16(10)19/h4-5,7-9H,2-3,6H2,1H3. The number of nitro groups is 1. The summed E-state index contributed by atoms with van der Waals surface area (Å²) in [6.45, 7) is -0.0684. The minimum absolute atomic E-state index is 0.0684. The Kier molecular flexibility index (Phi) is 4.53. The number of nitrogens with zero attached hydrogens (tertiary/aromatic N) is 2. The highest BCUT2D eigenvalue weighted by molar-refractivity contribution is 7.93. The Morgan fingerprint density at radius 1 is 1.23 bits per heavy atom. The number of methoxy groups -OCH3 is 1. The van der Waals surface area contributed by atoms with Crippen LogP contribution in [0, 0.1) is 21.7 Å². The van der Waals surface area contributed by atoms with E-state index in [1.54, 1.807) is 0 Å². The number of fused-ring (bicyclic) bond motifs is 1. The molecule has 26 heavy (non-hydrogen) atoms. The van der Waals surface area contributed by atoms with Crippen LogP contribution >= 0.6 is 0 Å². The van der Waals surface area contributed by atoms with E-state index in [2.05, 4.69) is 0 Å². The molecule has 0 saturated carbocycles. The number of benzene rings is 2. The Labute approximate surface area is 148 Å². The largest absolute Gasteiger partial charge is 0.497 e. The molecule has 0 fully saturated rings. The molecule has 0 radical (unpaired) electrons. The molecule has 0 bridgehead atoms. The number of aryl methyl sites for hydroxylation is 1. The molecule has 1 aliphatic rings. The molecule has 1 heterocycles. The van der Waals surface area contributed by atoms with Crippen molar-refractivity contribution in [2.24, 2.45) is 0 Å². The maximum Gasteiger partial charge on any atom is 0.293 e. The van der Waals surface area contributed by atoms with Crippen LogP contribution in [0.3, 0.4) is 0 Å². The summed E-state index contributed by atoms with van der Waals surface area (Å²) < 4.78 is 59.5. The number of hydrogen-bond acceptors (Lipinski definition) is 5. The van der Waals surface area contributed by atoms with Gasteiger partial charge in [-0.25, -0.2) is 17.2 Å². The lowest BCUT2D eigenvalue weighted by Crippen LogP contribution is -2.36. The molecule has 0 aromatic heterocycles. The van der Waals surface area contributed by atoms with Crippen molar-refractivity contribution in [2.75, 3.05) is 18.0 Å². The van der Waals surface area contributed by atoms with Gasteiger partial charge >= 0.3 is 0 Å². The summed E-state index contributed by atoms with van der Waals surface area (Å²) >= 11 is 0. The van der Waals surface area contributed by atoms with Crippen LogP contribution in [0.1, 0.15) is 12.0 Å². The second-order valence-corrected chi connectivity index (χ2v) is 7.50. The monoisotopic (exact) mass is 384 g/mol. The molecule has 7 nitrogen and oxygen atoms in total. The van der Waals surface area contributed by atoms with Crippen LogP contribution in [0.2, 0.25) is 0 Å². The van der Waals surface area contributed by atoms with Gasteiger partial charge in [-0.05, 0) is 36.6 Å². The van der Waals surface area contributed by atoms with E-state index in [9.17, 15) is 27.3 Å². The first-order valence-corrected chi connectivity index (χ1v) is 9.03. The summed E-state index contributed by atoms with van der Waals surface area (Å²) in [5.74, 6) is -1.72. The predicted octanol–water partition coefficient (Wildman–Crippen LogP) is 3.02. The van der Waals surface area contributed by atoms with Crippen molar-refractivity contribution >= 4 is 21.4 Å². The quantitative estimate of drug-likeness (QED) is 0.597. The second-order valence-electron chi connectivity index (χ2n) is 5.67. The number of halogens is 2. The second kappa shape index (κ2) is 6.52. The zero-order valence-corrected chi connectivity index (χ0v) is 14.4. The molecular formula is C16H14F2N2O5S. The third kappa shape index (κ3) is 2.96. The summed E-state index contributed by atoms with van der Waals surface area (Å²) in [5, 5.41) is 11.3. The van der Waals surface area contributed by atoms with Gasteiger partial charge in [0, 0.05) is 12.6 Å². The van der Waals surface area contributed by atoms with E-state index in [4.69, 9.17) is 4.74 Å². The minimum Gasteiger partial charge on any atom is -0.497 e. The molecule has 0 aliphatic carbocycles.